The first-order valence-electron chi connectivity index (χ1n) is 7.67. The number of carbonyl (C=O) groups excluding carboxylic acids is 2. The van der Waals surface area contributed by atoms with Gasteiger partial charge >= 0.3 is 5.97 Å². The Labute approximate surface area is 136 Å². The van der Waals surface area contributed by atoms with Crippen LogP contribution < -0.4 is 10.1 Å². The molecule has 1 aromatic carbocycles. The third-order valence-electron chi connectivity index (χ3n) is 3.08. The van der Waals surface area contributed by atoms with Crippen LogP contribution in [0.1, 0.15) is 38.7 Å². The van der Waals surface area contributed by atoms with Crippen LogP contribution >= 0.6 is 0 Å². The van der Waals surface area contributed by atoms with E-state index in [0.29, 0.717) is 17.9 Å². The maximum atomic E-state index is 11.8. The second-order valence-electron chi connectivity index (χ2n) is 5.06. The molecule has 0 bridgehead atoms. The number of nitrogens with one attached hydrogen (secondary N) is 1. The van der Waals surface area contributed by atoms with Crippen LogP contribution in [0.2, 0.25) is 0 Å². The zero-order chi connectivity index (χ0) is 17.1. The SMILES string of the molecule is CCCCCNC(=O)COC(=O)[C@@H](C)Oc1ccc(C#N)cc1. The number of amides is 1. The second kappa shape index (κ2) is 10.2. The van der Waals surface area contributed by atoms with E-state index >= 15 is 0 Å². The van der Waals surface area contributed by atoms with Gasteiger partial charge in [0.25, 0.3) is 5.91 Å². The van der Waals surface area contributed by atoms with Crippen molar-refractivity contribution < 1.29 is 19.1 Å². The lowest BCUT2D eigenvalue weighted by Gasteiger charge is -2.14. The number of unbranched alkanes of at least 4 members (excludes halogenated alkanes) is 2. The zero-order valence-corrected chi connectivity index (χ0v) is 13.5. The van der Waals surface area contributed by atoms with Crippen molar-refractivity contribution in [3.63, 3.8) is 0 Å². The monoisotopic (exact) mass is 318 g/mol. The highest BCUT2D eigenvalue weighted by atomic mass is 16.6. The van der Waals surface area contributed by atoms with Gasteiger partial charge in [0, 0.05) is 6.54 Å². The molecule has 0 spiro atoms. The number of nitriles is 1. The van der Waals surface area contributed by atoms with E-state index in [1.54, 1.807) is 31.2 Å². The van der Waals surface area contributed by atoms with Crippen molar-refractivity contribution in [2.24, 2.45) is 0 Å². The van der Waals surface area contributed by atoms with Crippen LogP contribution in [0, 0.1) is 11.3 Å². The number of hydrogen-bond donors (Lipinski definition) is 1. The van der Waals surface area contributed by atoms with Crippen molar-refractivity contribution in [2.75, 3.05) is 13.2 Å². The van der Waals surface area contributed by atoms with Gasteiger partial charge in [-0.3, -0.25) is 4.79 Å². The van der Waals surface area contributed by atoms with E-state index in [4.69, 9.17) is 14.7 Å². The Morgan fingerprint density at radius 1 is 1.26 bits per heavy atom. The third kappa shape index (κ3) is 7.32. The first kappa shape index (κ1) is 18.5. The number of ether oxygens (including phenoxy) is 2. The van der Waals surface area contributed by atoms with E-state index in [1.165, 1.54) is 0 Å². The third-order valence-corrected chi connectivity index (χ3v) is 3.08. The number of nitrogens with zero attached hydrogens (tertiary/aromatic N) is 1. The summed E-state index contributed by atoms with van der Waals surface area (Å²) in [6.45, 7) is 3.89. The maximum Gasteiger partial charge on any atom is 0.347 e. The van der Waals surface area contributed by atoms with Gasteiger partial charge in [-0.05, 0) is 37.6 Å². The summed E-state index contributed by atoms with van der Waals surface area (Å²) in [5, 5.41) is 11.4. The van der Waals surface area contributed by atoms with E-state index in [0.717, 1.165) is 19.3 Å². The summed E-state index contributed by atoms with van der Waals surface area (Å²) < 4.78 is 10.3. The minimum Gasteiger partial charge on any atom is -0.479 e. The highest BCUT2D eigenvalue weighted by molar-refractivity contribution is 5.81. The van der Waals surface area contributed by atoms with Gasteiger partial charge in [0.1, 0.15) is 5.75 Å². The molecular weight excluding hydrogens is 296 g/mol. The molecule has 23 heavy (non-hydrogen) atoms. The average molecular weight is 318 g/mol. The molecule has 6 heteroatoms. The van der Waals surface area contributed by atoms with Crippen molar-refractivity contribution in [2.45, 2.75) is 39.2 Å². The highest BCUT2D eigenvalue weighted by Gasteiger charge is 2.17. The average Bonchev–Trinajstić information content (AvgIpc) is 2.57. The molecule has 0 aliphatic heterocycles. The Balaban J connectivity index is 2.30. The summed E-state index contributed by atoms with van der Waals surface area (Å²) in [5.74, 6) is -0.476. The molecule has 0 saturated carbocycles. The summed E-state index contributed by atoms with van der Waals surface area (Å²) in [6.07, 6.45) is 2.20. The van der Waals surface area contributed by atoms with Crippen LogP contribution in [0.5, 0.6) is 5.75 Å². The fraction of sp³-hybridized carbons (Fsp3) is 0.471. The zero-order valence-electron chi connectivity index (χ0n) is 13.5. The number of esters is 1. The minimum absolute atomic E-state index is 0.313. The van der Waals surface area contributed by atoms with Gasteiger partial charge in [0.05, 0.1) is 11.6 Å². The predicted octanol–water partition coefficient (Wildman–Crippen LogP) is 2.18. The van der Waals surface area contributed by atoms with E-state index in [9.17, 15) is 9.59 Å². The van der Waals surface area contributed by atoms with Crippen LogP contribution in [-0.2, 0) is 14.3 Å². The van der Waals surface area contributed by atoms with E-state index in [2.05, 4.69) is 12.2 Å². The Kier molecular flexibility index (Phi) is 8.22. The van der Waals surface area contributed by atoms with Gasteiger partial charge in [-0.2, -0.15) is 5.26 Å². The summed E-state index contributed by atoms with van der Waals surface area (Å²) in [6, 6.07) is 8.38. The van der Waals surface area contributed by atoms with E-state index in [-0.39, 0.29) is 12.5 Å². The molecule has 1 rings (SSSR count). The van der Waals surface area contributed by atoms with Crippen molar-refractivity contribution in [3.05, 3.63) is 29.8 Å². The molecule has 1 N–H and O–H groups in total. The molecular formula is C17H22N2O4. The van der Waals surface area contributed by atoms with Gasteiger partial charge < -0.3 is 14.8 Å². The second-order valence-corrected chi connectivity index (χ2v) is 5.06. The predicted molar refractivity (Wildman–Crippen MR) is 84.7 cm³/mol. The molecule has 0 radical (unpaired) electrons. The Hall–Kier alpha value is -2.55. The van der Waals surface area contributed by atoms with Crippen LogP contribution in [0.3, 0.4) is 0 Å². The molecule has 0 aliphatic carbocycles. The fourth-order valence-electron chi connectivity index (χ4n) is 1.77. The molecule has 0 saturated heterocycles. The largest absolute Gasteiger partial charge is 0.479 e. The normalized spacial score (nSPS) is 11.2. The quantitative estimate of drug-likeness (QED) is 0.557. The first-order valence-corrected chi connectivity index (χ1v) is 7.67. The summed E-state index contributed by atoms with van der Waals surface area (Å²) in [7, 11) is 0. The van der Waals surface area contributed by atoms with Crippen LogP contribution in [0.15, 0.2) is 24.3 Å². The number of carbonyl (C=O) groups is 2. The molecule has 0 aliphatic rings. The van der Waals surface area contributed by atoms with Crippen molar-refractivity contribution in [1.29, 1.82) is 5.26 Å². The standard InChI is InChI=1S/C17H22N2O4/c1-3-4-5-10-19-16(20)12-22-17(21)13(2)23-15-8-6-14(11-18)7-9-15/h6-9,13H,3-5,10,12H2,1-2H3,(H,19,20)/t13-/m1/s1. The molecule has 1 aromatic rings. The van der Waals surface area contributed by atoms with Gasteiger partial charge in [0.15, 0.2) is 12.7 Å². The van der Waals surface area contributed by atoms with Crippen LogP contribution in [0.25, 0.3) is 0 Å². The topological polar surface area (TPSA) is 88.4 Å². The molecule has 6 nitrogen and oxygen atoms in total. The number of hydrogen-bond acceptors (Lipinski definition) is 5. The first-order chi connectivity index (χ1) is 11.1. The Morgan fingerprint density at radius 2 is 1.96 bits per heavy atom. The van der Waals surface area contributed by atoms with Crippen molar-refractivity contribution in [1.82, 2.24) is 5.32 Å². The summed E-state index contributed by atoms with van der Waals surface area (Å²) in [5.41, 5.74) is 0.507. The van der Waals surface area contributed by atoms with Crippen LogP contribution in [-0.4, -0.2) is 31.1 Å². The molecule has 0 heterocycles. The van der Waals surface area contributed by atoms with Crippen molar-refractivity contribution >= 4 is 11.9 Å². The van der Waals surface area contributed by atoms with Gasteiger partial charge in [-0.15, -0.1) is 0 Å². The number of rotatable bonds is 9. The number of benzene rings is 1. The molecule has 1 amide bonds. The lowest BCUT2D eigenvalue weighted by Crippen LogP contribution is -2.33. The molecule has 0 aromatic heterocycles. The summed E-state index contributed by atoms with van der Waals surface area (Å²) >= 11 is 0. The molecule has 1 atom stereocenters. The maximum absolute atomic E-state index is 11.8. The molecule has 0 fully saturated rings. The van der Waals surface area contributed by atoms with E-state index < -0.39 is 12.1 Å². The van der Waals surface area contributed by atoms with Gasteiger partial charge in [-0.25, -0.2) is 4.79 Å². The van der Waals surface area contributed by atoms with Crippen LogP contribution in [0.4, 0.5) is 0 Å². The Morgan fingerprint density at radius 3 is 2.57 bits per heavy atom. The highest BCUT2D eigenvalue weighted by Crippen LogP contribution is 2.13. The fourth-order valence-corrected chi connectivity index (χ4v) is 1.77. The Bertz CT molecular complexity index is 549. The lowest BCUT2D eigenvalue weighted by atomic mass is 10.2. The van der Waals surface area contributed by atoms with E-state index in [1.807, 2.05) is 6.07 Å². The lowest BCUT2D eigenvalue weighted by molar-refractivity contribution is -0.154. The molecule has 0 unspecified atom stereocenters. The minimum atomic E-state index is -0.837. The smallest absolute Gasteiger partial charge is 0.347 e. The van der Waals surface area contributed by atoms with Crippen molar-refractivity contribution in [3.8, 4) is 11.8 Å². The summed E-state index contributed by atoms with van der Waals surface area (Å²) in [4.78, 5) is 23.3. The van der Waals surface area contributed by atoms with Gasteiger partial charge in [0.2, 0.25) is 0 Å². The van der Waals surface area contributed by atoms with Gasteiger partial charge in [-0.1, -0.05) is 19.8 Å². The molecule has 124 valence electrons.